The van der Waals surface area contributed by atoms with E-state index in [1.165, 1.54) is 22.3 Å². The van der Waals surface area contributed by atoms with Crippen molar-refractivity contribution in [2.24, 2.45) is 0 Å². The number of carbonyl (C=O) groups excluding carboxylic acids is 2. The zero-order chi connectivity index (χ0) is 28.1. The van der Waals surface area contributed by atoms with Crippen LogP contribution in [0.4, 0.5) is 4.79 Å². The molecule has 1 heterocycles. The molecule has 40 heavy (non-hydrogen) atoms. The van der Waals surface area contributed by atoms with Crippen LogP contribution in [0.2, 0.25) is 0 Å². The molecule has 6 rings (SSSR count). The molecule has 1 fully saturated rings. The summed E-state index contributed by atoms with van der Waals surface area (Å²) in [6, 6.07) is 22.5. The van der Waals surface area contributed by atoms with Gasteiger partial charge in [0, 0.05) is 24.4 Å². The third-order valence-corrected chi connectivity index (χ3v) is 8.74. The third kappa shape index (κ3) is 4.78. The van der Waals surface area contributed by atoms with Gasteiger partial charge in [-0.1, -0.05) is 66.7 Å². The first-order valence-electron chi connectivity index (χ1n) is 13.9. The van der Waals surface area contributed by atoms with E-state index in [9.17, 15) is 9.59 Å². The number of alkyl carbamates (subject to hydrolysis) is 1. The molecule has 0 spiro atoms. The lowest BCUT2D eigenvalue weighted by Gasteiger charge is -2.32. The number of ether oxygens (including phenoxy) is 1. The molecule has 0 radical (unpaired) electrons. The Labute approximate surface area is 235 Å². The zero-order valence-corrected chi connectivity index (χ0v) is 23.5. The molecule has 0 saturated carbocycles. The Bertz CT molecular complexity index is 1460. The van der Waals surface area contributed by atoms with Crippen molar-refractivity contribution < 1.29 is 23.6 Å². The third-order valence-electron chi connectivity index (χ3n) is 8.74. The first kappa shape index (κ1) is 26.5. The van der Waals surface area contributed by atoms with Crippen molar-refractivity contribution in [1.82, 2.24) is 5.32 Å². The lowest BCUT2D eigenvalue weighted by molar-refractivity contribution is 0.00578. The van der Waals surface area contributed by atoms with Crippen molar-refractivity contribution in [2.45, 2.75) is 57.7 Å². The lowest BCUT2D eigenvalue weighted by atomic mass is 9.77. The van der Waals surface area contributed by atoms with Crippen molar-refractivity contribution >= 4 is 25.1 Å². The molecule has 3 aliphatic rings. The van der Waals surface area contributed by atoms with Crippen molar-refractivity contribution in [3.05, 3.63) is 100 Å². The number of hydrogen-bond acceptors (Lipinski definition) is 5. The van der Waals surface area contributed by atoms with Crippen LogP contribution in [-0.2, 0) is 20.5 Å². The first-order valence-corrected chi connectivity index (χ1v) is 13.9. The number of hydrogen-bond donors (Lipinski definition) is 1. The van der Waals surface area contributed by atoms with E-state index in [1.807, 2.05) is 76.2 Å². The van der Waals surface area contributed by atoms with Gasteiger partial charge < -0.3 is 19.4 Å². The monoisotopic (exact) mass is 535 g/mol. The van der Waals surface area contributed by atoms with Gasteiger partial charge in [-0.2, -0.15) is 0 Å². The molecule has 1 aliphatic heterocycles. The molecule has 0 aromatic heterocycles. The summed E-state index contributed by atoms with van der Waals surface area (Å²) in [5.41, 5.74) is 7.11. The van der Waals surface area contributed by atoms with Crippen LogP contribution >= 0.6 is 0 Å². The maximum Gasteiger partial charge on any atom is 0.492 e. The van der Waals surface area contributed by atoms with E-state index in [2.05, 4.69) is 29.6 Å². The molecule has 7 heteroatoms. The van der Waals surface area contributed by atoms with E-state index in [0.717, 1.165) is 28.6 Å². The van der Waals surface area contributed by atoms with Crippen molar-refractivity contribution in [2.75, 3.05) is 13.2 Å². The van der Waals surface area contributed by atoms with Gasteiger partial charge in [-0.25, -0.2) is 4.79 Å². The van der Waals surface area contributed by atoms with E-state index in [1.54, 1.807) is 0 Å². The summed E-state index contributed by atoms with van der Waals surface area (Å²) in [7, 11) is -0.650. The summed E-state index contributed by atoms with van der Waals surface area (Å²) in [4.78, 5) is 25.3. The smallest absolute Gasteiger partial charge is 0.449 e. The van der Waals surface area contributed by atoms with Gasteiger partial charge in [0.2, 0.25) is 0 Å². The highest BCUT2D eigenvalue weighted by Gasteiger charge is 2.52. The van der Waals surface area contributed by atoms with Crippen LogP contribution in [0.25, 0.3) is 17.2 Å². The zero-order valence-electron chi connectivity index (χ0n) is 23.5. The van der Waals surface area contributed by atoms with Gasteiger partial charge in [0.25, 0.3) is 0 Å². The maximum absolute atomic E-state index is 13.0. The molecule has 1 saturated heterocycles. The Morgan fingerprint density at radius 2 is 1.55 bits per heavy atom. The summed E-state index contributed by atoms with van der Waals surface area (Å²) in [6.07, 6.45) is 2.77. The molecule has 2 aliphatic carbocycles. The fraction of sp³-hybridized carbons (Fsp3) is 0.333. The molecule has 3 aromatic carbocycles. The highest BCUT2D eigenvalue weighted by atomic mass is 16.7. The number of ketones is 1. The summed E-state index contributed by atoms with van der Waals surface area (Å²) in [5, 5.41) is 2.91. The molecular formula is C33H34BNO5. The van der Waals surface area contributed by atoms with Crippen molar-refractivity contribution in [3.63, 3.8) is 0 Å². The van der Waals surface area contributed by atoms with E-state index in [-0.39, 0.29) is 24.9 Å². The normalized spacial score (nSPS) is 18.9. The summed E-state index contributed by atoms with van der Waals surface area (Å²) in [5.74, 6) is 0.152. The fourth-order valence-corrected chi connectivity index (χ4v) is 5.78. The Morgan fingerprint density at radius 3 is 2.20 bits per heavy atom. The van der Waals surface area contributed by atoms with Crippen LogP contribution in [0.15, 0.2) is 72.2 Å². The van der Waals surface area contributed by atoms with Gasteiger partial charge in [0.1, 0.15) is 6.61 Å². The summed E-state index contributed by atoms with van der Waals surface area (Å²) >= 11 is 0. The highest BCUT2D eigenvalue weighted by Crippen LogP contribution is 2.44. The number of carbonyl (C=O) groups is 2. The van der Waals surface area contributed by atoms with Crippen LogP contribution in [0.1, 0.15) is 72.6 Å². The Morgan fingerprint density at radius 1 is 0.925 bits per heavy atom. The SMILES string of the molecule is CC1(C)OB(C(=Cc2ccc3c(c2)C(=O)CC3)CNC(=O)OCC2c3ccccc3-c3ccccc32)OC1(C)C. The van der Waals surface area contributed by atoms with Crippen molar-refractivity contribution in [3.8, 4) is 11.1 Å². The molecule has 6 nitrogen and oxygen atoms in total. The molecule has 3 aromatic rings. The van der Waals surface area contributed by atoms with E-state index >= 15 is 0 Å². The predicted molar refractivity (Wildman–Crippen MR) is 156 cm³/mol. The molecule has 204 valence electrons. The number of nitrogens with one attached hydrogen (secondary N) is 1. The minimum Gasteiger partial charge on any atom is -0.449 e. The Balaban J connectivity index is 1.19. The predicted octanol–water partition coefficient (Wildman–Crippen LogP) is 6.37. The van der Waals surface area contributed by atoms with Crippen LogP contribution in [0.3, 0.4) is 0 Å². The van der Waals surface area contributed by atoms with Crippen LogP contribution in [-0.4, -0.2) is 43.3 Å². The number of benzene rings is 3. The van der Waals surface area contributed by atoms with Gasteiger partial charge >= 0.3 is 13.2 Å². The van der Waals surface area contributed by atoms with Gasteiger partial charge in [-0.3, -0.25) is 4.79 Å². The fourth-order valence-electron chi connectivity index (χ4n) is 5.78. The number of Topliss-reactive ketones (excluding diaryl/α,β-unsaturated/α-hetero) is 1. The molecule has 1 N–H and O–H groups in total. The number of amides is 1. The molecule has 1 amide bonds. The molecule has 0 unspecified atom stereocenters. The Hall–Kier alpha value is -3.68. The lowest BCUT2D eigenvalue weighted by Crippen LogP contribution is -2.41. The first-order chi connectivity index (χ1) is 19.1. The quantitative estimate of drug-likeness (QED) is 0.372. The number of rotatable bonds is 6. The second-order valence-corrected chi connectivity index (χ2v) is 11.8. The molecule has 0 bridgehead atoms. The molecular weight excluding hydrogens is 501 g/mol. The minimum atomic E-state index is -0.650. The van der Waals surface area contributed by atoms with Gasteiger partial charge in [0.05, 0.1) is 11.2 Å². The Kier molecular flexibility index (Phi) is 6.67. The average molecular weight is 535 g/mol. The van der Waals surface area contributed by atoms with Crippen LogP contribution in [0.5, 0.6) is 0 Å². The van der Waals surface area contributed by atoms with Gasteiger partial charge in [-0.15, -0.1) is 0 Å². The second kappa shape index (κ2) is 10.1. The standard InChI is InChI=1S/C33H34BNO5/c1-32(2)33(3,4)40-34(39-32)23(17-21-13-14-22-15-16-30(36)28(22)18-21)19-35-31(37)38-20-29-26-11-7-5-9-24(26)25-10-6-8-12-27(25)29/h5-14,17-18,29H,15-16,19-20H2,1-4H3,(H,35,37). The van der Waals surface area contributed by atoms with Gasteiger partial charge in [0.15, 0.2) is 5.78 Å². The minimum absolute atomic E-state index is 0.0137. The molecule has 0 atom stereocenters. The van der Waals surface area contributed by atoms with E-state index < -0.39 is 24.4 Å². The van der Waals surface area contributed by atoms with Crippen LogP contribution in [0, 0.1) is 0 Å². The largest absolute Gasteiger partial charge is 0.492 e. The maximum atomic E-state index is 13.0. The second-order valence-electron chi connectivity index (χ2n) is 11.8. The number of aryl methyl sites for hydroxylation is 1. The van der Waals surface area contributed by atoms with Crippen LogP contribution < -0.4 is 5.32 Å². The van der Waals surface area contributed by atoms with E-state index in [0.29, 0.717) is 6.42 Å². The topological polar surface area (TPSA) is 73.9 Å². The van der Waals surface area contributed by atoms with E-state index in [4.69, 9.17) is 14.0 Å². The van der Waals surface area contributed by atoms with Crippen molar-refractivity contribution in [1.29, 1.82) is 0 Å². The van der Waals surface area contributed by atoms with Gasteiger partial charge in [-0.05, 0) is 79.0 Å². The highest BCUT2D eigenvalue weighted by molar-refractivity contribution is 6.56. The number of fused-ring (bicyclic) bond motifs is 4. The summed E-state index contributed by atoms with van der Waals surface area (Å²) in [6.45, 7) is 8.41. The average Bonchev–Trinajstić information content (AvgIpc) is 3.53. The summed E-state index contributed by atoms with van der Waals surface area (Å²) < 4.78 is 18.4.